The number of hydrogen-bond acceptors (Lipinski definition) is 4. The first-order valence-electron chi connectivity index (χ1n) is 6.56. The van der Waals surface area contributed by atoms with E-state index in [1.54, 1.807) is 21.3 Å². The zero-order valence-corrected chi connectivity index (χ0v) is 12.7. The highest BCUT2D eigenvalue weighted by Crippen LogP contribution is 2.43. The van der Waals surface area contributed by atoms with Crippen LogP contribution in [0, 0.1) is 0 Å². The third-order valence-electron chi connectivity index (χ3n) is 3.40. The molecule has 0 saturated carbocycles. The van der Waals surface area contributed by atoms with Crippen LogP contribution in [0.4, 0.5) is 0 Å². The summed E-state index contributed by atoms with van der Waals surface area (Å²) in [6.45, 7) is 0.990. The number of benzene rings is 1. The number of methoxy groups -OCH3 is 3. The Morgan fingerprint density at radius 1 is 1.05 bits per heavy atom. The number of H-pyrrole nitrogens is 1. The van der Waals surface area contributed by atoms with Crippen molar-refractivity contribution in [2.45, 2.75) is 6.42 Å². The second-order valence-corrected chi connectivity index (χ2v) is 4.94. The van der Waals surface area contributed by atoms with Crippen LogP contribution in [0.15, 0.2) is 12.3 Å². The predicted octanol–water partition coefficient (Wildman–Crippen LogP) is 2.30. The van der Waals surface area contributed by atoms with Gasteiger partial charge >= 0.3 is 0 Å². The molecule has 110 valence electrons. The van der Waals surface area contributed by atoms with Gasteiger partial charge in [-0.2, -0.15) is 0 Å². The number of aromatic amines is 1. The van der Waals surface area contributed by atoms with Gasteiger partial charge in [0.1, 0.15) is 0 Å². The first-order chi connectivity index (χ1) is 9.62. The van der Waals surface area contributed by atoms with Crippen molar-refractivity contribution in [1.82, 2.24) is 9.88 Å². The molecule has 0 atom stereocenters. The largest absolute Gasteiger partial charge is 0.493 e. The molecule has 0 spiro atoms. The van der Waals surface area contributed by atoms with Crippen molar-refractivity contribution < 1.29 is 14.2 Å². The fraction of sp³-hybridized carbons (Fsp3) is 0.467. The highest BCUT2D eigenvalue weighted by atomic mass is 16.5. The van der Waals surface area contributed by atoms with Gasteiger partial charge in [-0.3, -0.25) is 0 Å². The van der Waals surface area contributed by atoms with Crippen LogP contribution in [0.1, 0.15) is 5.56 Å². The Bertz CT molecular complexity index is 590. The Morgan fingerprint density at radius 2 is 1.75 bits per heavy atom. The standard InChI is InChI=1S/C15H22N2O3/c1-17(2)7-6-10-9-16-13-11(10)8-12(18-3)14(19-4)15(13)20-5/h8-9,16H,6-7H2,1-5H3. The number of rotatable bonds is 6. The fourth-order valence-electron chi connectivity index (χ4n) is 2.34. The van der Waals surface area contributed by atoms with E-state index in [0.717, 1.165) is 23.9 Å². The van der Waals surface area contributed by atoms with E-state index in [1.165, 1.54) is 5.56 Å². The lowest BCUT2D eigenvalue weighted by Crippen LogP contribution is -2.14. The van der Waals surface area contributed by atoms with Gasteiger partial charge < -0.3 is 24.1 Å². The Hall–Kier alpha value is -1.88. The van der Waals surface area contributed by atoms with Crippen LogP contribution in [0.25, 0.3) is 10.9 Å². The SMILES string of the molecule is COc1cc2c(CCN(C)C)c[nH]c2c(OC)c1OC. The van der Waals surface area contributed by atoms with Crippen molar-refractivity contribution >= 4 is 10.9 Å². The van der Waals surface area contributed by atoms with Crippen LogP contribution in [0.2, 0.25) is 0 Å². The molecule has 2 rings (SSSR count). The van der Waals surface area contributed by atoms with E-state index in [9.17, 15) is 0 Å². The summed E-state index contributed by atoms with van der Waals surface area (Å²) in [5.74, 6) is 1.98. The molecule has 0 unspecified atom stereocenters. The number of ether oxygens (including phenoxy) is 3. The van der Waals surface area contributed by atoms with Crippen molar-refractivity contribution in [1.29, 1.82) is 0 Å². The molecule has 0 aliphatic rings. The highest BCUT2D eigenvalue weighted by Gasteiger charge is 2.18. The molecule has 1 heterocycles. The third kappa shape index (κ3) is 2.54. The summed E-state index contributed by atoms with van der Waals surface area (Å²) >= 11 is 0. The van der Waals surface area contributed by atoms with Gasteiger partial charge in [-0.05, 0) is 32.1 Å². The van der Waals surface area contributed by atoms with Gasteiger partial charge in [-0.1, -0.05) is 0 Å². The third-order valence-corrected chi connectivity index (χ3v) is 3.40. The summed E-state index contributed by atoms with van der Waals surface area (Å²) in [5, 5.41) is 1.11. The fourth-order valence-corrected chi connectivity index (χ4v) is 2.34. The molecule has 5 nitrogen and oxygen atoms in total. The normalized spacial score (nSPS) is 11.1. The Labute approximate surface area is 119 Å². The summed E-state index contributed by atoms with van der Waals surface area (Å²) in [5.41, 5.74) is 2.19. The number of aromatic nitrogens is 1. The summed E-state index contributed by atoms with van der Waals surface area (Å²) in [7, 11) is 9.02. The van der Waals surface area contributed by atoms with E-state index in [1.807, 2.05) is 12.3 Å². The lowest BCUT2D eigenvalue weighted by atomic mass is 10.1. The van der Waals surface area contributed by atoms with E-state index in [4.69, 9.17) is 14.2 Å². The zero-order chi connectivity index (χ0) is 14.7. The number of hydrogen-bond donors (Lipinski definition) is 1. The Balaban J connectivity index is 2.55. The van der Waals surface area contributed by atoms with Gasteiger partial charge in [0, 0.05) is 18.1 Å². The molecule has 0 aliphatic heterocycles. The molecule has 0 amide bonds. The van der Waals surface area contributed by atoms with Crippen molar-refractivity contribution in [2.75, 3.05) is 42.0 Å². The molecule has 0 fully saturated rings. The number of fused-ring (bicyclic) bond motifs is 1. The van der Waals surface area contributed by atoms with Gasteiger partial charge in [-0.25, -0.2) is 0 Å². The van der Waals surface area contributed by atoms with Crippen molar-refractivity contribution in [2.24, 2.45) is 0 Å². The molecule has 20 heavy (non-hydrogen) atoms. The maximum absolute atomic E-state index is 5.48. The van der Waals surface area contributed by atoms with Crippen LogP contribution in [-0.2, 0) is 6.42 Å². The molecule has 0 saturated heterocycles. The molecular weight excluding hydrogens is 256 g/mol. The maximum Gasteiger partial charge on any atom is 0.205 e. The average Bonchev–Trinajstić information content (AvgIpc) is 2.85. The summed E-state index contributed by atoms with van der Waals surface area (Å²) in [6.07, 6.45) is 2.99. The molecule has 1 aromatic carbocycles. The minimum absolute atomic E-state index is 0.614. The van der Waals surface area contributed by atoms with Gasteiger partial charge in [0.2, 0.25) is 5.75 Å². The molecule has 5 heteroatoms. The lowest BCUT2D eigenvalue weighted by molar-refractivity contribution is 0.327. The number of likely N-dealkylation sites (N-methyl/N-ethyl adjacent to an activating group) is 1. The quantitative estimate of drug-likeness (QED) is 0.880. The Morgan fingerprint density at radius 3 is 2.30 bits per heavy atom. The van der Waals surface area contributed by atoms with E-state index in [-0.39, 0.29) is 0 Å². The zero-order valence-electron chi connectivity index (χ0n) is 12.7. The van der Waals surface area contributed by atoms with E-state index < -0.39 is 0 Å². The van der Waals surface area contributed by atoms with Crippen LogP contribution in [0.3, 0.4) is 0 Å². The van der Waals surface area contributed by atoms with E-state index in [2.05, 4.69) is 24.0 Å². The minimum atomic E-state index is 0.614. The van der Waals surface area contributed by atoms with Crippen LogP contribution in [0.5, 0.6) is 17.2 Å². The molecule has 1 aromatic heterocycles. The number of nitrogens with one attached hydrogen (secondary N) is 1. The van der Waals surface area contributed by atoms with Crippen LogP contribution in [-0.4, -0.2) is 51.9 Å². The summed E-state index contributed by atoms with van der Waals surface area (Å²) < 4.78 is 16.3. The molecular formula is C15H22N2O3. The lowest BCUT2D eigenvalue weighted by Gasteiger charge is -2.13. The van der Waals surface area contributed by atoms with Crippen LogP contribution >= 0.6 is 0 Å². The second kappa shape index (κ2) is 6.05. The second-order valence-electron chi connectivity index (χ2n) is 4.94. The molecule has 0 bridgehead atoms. The highest BCUT2D eigenvalue weighted by molar-refractivity contribution is 5.93. The van der Waals surface area contributed by atoms with Gasteiger partial charge in [-0.15, -0.1) is 0 Å². The van der Waals surface area contributed by atoms with E-state index in [0.29, 0.717) is 17.2 Å². The first-order valence-corrected chi connectivity index (χ1v) is 6.56. The Kier molecular flexibility index (Phi) is 4.39. The van der Waals surface area contributed by atoms with Gasteiger partial charge in [0.15, 0.2) is 11.5 Å². The monoisotopic (exact) mass is 278 g/mol. The first kappa shape index (κ1) is 14.5. The topological polar surface area (TPSA) is 46.7 Å². The summed E-state index contributed by atoms with van der Waals surface area (Å²) in [6, 6.07) is 2.00. The molecule has 2 aromatic rings. The average molecular weight is 278 g/mol. The van der Waals surface area contributed by atoms with Crippen LogP contribution < -0.4 is 14.2 Å². The number of nitrogens with zero attached hydrogens (tertiary/aromatic N) is 1. The maximum atomic E-state index is 5.48. The molecule has 1 N–H and O–H groups in total. The van der Waals surface area contributed by atoms with E-state index >= 15 is 0 Å². The molecule has 0 aliphatic carbocycles. The van der Waals surface area contributed by atoms with Crippen molar-refractivity contribution in [3.8, 4) is 17.2 Å². The predicted molar refractivity (Wildman–Crippen MR) is 80.2 cm³/mol. The van der Waals surface area contributed by atoms with Gasteiger partial charge in [0.05, 0.1) is 26.8 Å². The van der Waals surface area contributed by atoms with Crippen molar-refractivity contribution in [3.05, 3.63) is 17.8 Å². The summed E-state index contributed by atoms with van der Waals surface area (Å²) in [4.78, 5) is 5.44. The van der Waals surface area contributed by atoms with Crippen molar-refractivity contribution in [3.63, 3.8) is 0 Å². The molecule has 0 radical (unpaired) electrons. The smallest absolute Gasteiger partial charge is 0.205 e. The minimum Gasteiger partial charge on any atom is -0.493 e. The van der Waals surface area contributed by atoms with Gasteiger partial charge in [0.25, 0.3) is 0 Å².